The zero-order valence-corrected chi connectivity index (χ0v) is 13.3. The van der Waals surface area contributed by atoms with Crippen LogP contribution in [0.3, 0.4) is 0 Å². The number of hydrogen-bond acceptors (Lipinski definition) is 5. The molecule has 1 aromatic heterocycles. The molecule has 0 saturated heterocycles. The van der Waals surface area contributed by atoms with Crippen LogP contribution in [0.4, 0.5) is 16.3 Å². The number of carbonyl (C=O) groups is 1. The summed E-state index contributed by atoms with van der Waals surface area (Å²) in [6.45, 7) is 2.87. The third kappa shape index (κ3) is 5.50. The van der Waals surface area contributed by atoms with E-state index in [4.69, 9.17) is 9.47 Å². The maximum Gasteiger partial charge on any atom is 0.412 e. The average Bonchev–Trinajstić information content (AvgIpc) is 2.57. The summed E-state index contributed by atoms with van der Waals surface area (Å²) in [5, 5.41) is 5.84. The lowest BCUT2D eigenvalue weighted by Gasteiger charge is -2.08. The number of ether oxygens (including phenoxy) is 2. The summed E-state index contributed by atoms with van der Waals surface area (Å²) in [6.07, 6.45) is 2.07. The quantitative estimate of drug-likeness (QED) is 0.820. The molecule has 2 aromatic rings. The first kappa shape index (κ1) is 16.6. The van der Waals surface area contributed by atoms with Crippen molar-refractivity contribution in [2.24, 2.45) is 0 Å². The second kappa shape index (κ2) is 8.63. The first-order valence-corrected chi connectivity index (χ1v) is 7.48. The van der Waals surface area contributed by atoms with Crippen molar-refractivity contribution in [1.82, 2.24) is 4.98 Å². The lowest BCUT2D eigenvalue weighted by atomic mass is 10.1. The Hall–Kier alpha value is -2.76. The zero-order chi connectivity index (χ0) is 16.5. The summed E-state index contributed by atoms with van der Waals surface area (Å²) < 4.78 is 9.93. The predicted molar refractivity (Wildman–Crippen MR) is 90.1 cm³/mol. The van der Waals surface area contributed by atoms with Crippen molar-refractivity contribution in [3.05, 3.63) is 48.2 Å². The molecule has 0 atom stereocenters. The van der Waals surface area contributed by atoms with E-state index in [0.29, 0.717) is 12.4 Å². The van der Waals surface area contributed by atoms with Gasteiger partial charge in [0.2, 0.25) is 0 Å². The third-order valence-electron chi connectivity index (χ3n) is 3.17. The van der Waals surface area contributed by atoms with Crippen molar-refractivity contribution in [3.63, 3.8) is 0 Å². The summed E-state index contributed by atoms with van der Waals surface area (Å²) in [4.78, 5) is 15.4. The number of amides is 1. The largest absolute Gasteiger partial charge is 0.497 e. The van der Waals surface area contributed by atoms with Gasteiger partial charge in [0.25, 0.3) is 0 Å². The highest BCUT2D eigenvalue weighted by Gasteiger charge is 2.02. The lowest BCUT2D eigenvalue weighted by Crippen LogP contribution is -2.14. The normalized spacial score (nSPS) is 10.0. The number of hydrogen-bond donors (Lipinski definition) is 2. The van der Waals surface area contributed by atoms with Gasteiger partial charge in [-0.05, 0) is 43.2 Å². The maximum absolute atomic E-state index is 11.3. The Morgan fingerprint density at radius 1 is 1.17 bits per heavy atom. The van der Waals surface area contributed by atoms with E-state index >= 15 is 0 Å². The molecule has 6 nitrogen and oxygen atoms in total. The van der Waals surface area contributed by atoms with Gasteiger partial charge in [0.1, 0.15) is 11.6 Å². The van der Waals surface area contributed by atoms with Crippen LogP contribution in [-0.4, -0.2) is 31.3 Å². The fourth-order valence-electron chi connectivity index (χ4n) is 1.99. The Bertz CT molecular complexity index is 612. The molecule has 0 aliphatic carbocycles. The van der Waals surface area contributed by atoms with Crippen LogP contribution >= 0.6 is 0 Å². The zero-order valence-electron chi connectivity index (χ0n) is 13.3. The van der Waals surface area contributed by atoms with E-state index in [1.165, 1.54) is 5.56 Å². The minimum Gasteiger partial charge on any atom is -0.497 e. The molecule has 1 heterocycles. The highest BCUT2D eigenvalue weighted by atomic mass is 16.5. The summed E-state index contributed by atoms with van der Waals surface area (Å²) >= 11 is 0. The van der Waals surface area contributed by atoms with Crippen molar-refractivity contribution in [3.8, 4) is 5.75 Å². The van der Waals surface area contributed by atoms with E-state index in [1.807, 2.05) is 30.3 Å². The fourth-order valence-corrected chi connectivity index (χ4v) is 1.99. The van der Waals surface area contributed by atoms with E-state index in [0.717, 1.165) is 24.4 Å². The number of benzene rings is 1. The Morgan fingerprint density at radius 3 is 2.57 bits per heavy atom. The number of pyridine rings is 1. The van der Waals surface area contributed by atoms with Crippen molar-refractivity contribution < 1.29 is 14.3 Å². The molecule has 0 radical (unpaired) electrons. The highest BCUT2D eigenvalue weighted by Crippen LogP contribution is 2.13. The third-order valence-corrected chi connectivity index (χ3v) is 3.17. The number of anilines is 2. The number of methoxy groups -OCH3 is 1. The first-order chi connectivity index (χ1) is 11.2. The molecule has 6 heteroatoms. The smallest absolute Gasteiger partial charge is 0.412 e. The molecule has 0 unspecified atom stereocenters. The van der Waals surface area contributed by atoms with Gasteiger partial charge in [-0.3, -0.25) is 5.32 Å². The number of carbonyl (C=O) groups excluding carboxylic acids is 1. The van der Waals surface area contributed by atoms with Crippen LogP contribution in [0.1, 0.15) is 12.5 Å². The van der Waals surface area contributed by atoms with Crippen molar-refractivity contribution in [1.29, 1.82) is 0 Å². The molecular formula is C17H21N3O3. The monoisotopic (exact) mass is 315 g/mol. The van der Waals surface area contributed by atoms with Gasteiger partial charge in [0, 0.05) is 6.54 Å². The Balaban J connectivity index is 1.78. The predicted octanol–water partition coefficient (Wildman–Crippen LogP) is 3.31. The molecule has 0 saturated carbocycles. The molecule has 1 amide bonds. The Kier molecular flexibility index (Phi) is 6.23. The van der Waals surface area contributed by atoms with Crippen LogP contribution < -0.4 is 15.4 Å². The van der Waals surface area contributed by atoms with Gasteiger partial charge in [0.15, 0.2) is 0 Å². The van der Waals surface area contributed by atoms with E-state index in [-0.39, 0.29) is 0 Å². The Labute approximate surface area is 135 Å². The molecular weight excluding hydrogens is 294 g/mol. The molecule has 122 valence electrons. The van der Waals surface area contributed by atoms with Gasteiger partial charge in [0.05, 0.1) is 25.6 Å². The lowest BCUT2D eigenvalue weighted by molar-refractivity contribution is 0.168. The summed E-state index contributed by atoms with van der Waals surface area (Å²) in [5.41, 5.74) is 2.12. The van der Waals surface area contributed by atoms with Gasteiger partial charge >= 0.3 is 6.09 Å². The standard InChI is InChI=1S/C17H21N3O3/c1-3-23-17(21)20-16-9-6-14(12-19-16)18-11-10-13-4-7-15(22-2)8-5-13/h4-9,12,18H,3,10-11H2,1-2H3,(H,19,20,21). The van der Waals surface area contributed by atoms with E-state index in [9.17, 15) is 4.79 Å². The Morgan fingerprint density at radius 2 is 1.96 bits per heavy atom. The number of rotatable bonds is 7. The van der Waals surface area contributed by atoms with Crippen molar-refractivity contribution in [2.45, 2.75) is 13.3 Å². The molecule has 1 aromatic carbocycles. The molecule has 0 spiro atoms. The molecule has 2 N–H and O–H groups in total. The minimum absolute atomic E-state index is 0.330. The first-order valence-electron chi connectivity index (χ1n) is 7.48. The minimum atomic E-state index is -0.500. The molecule has 0 aliphatic rings. The van der Waals surface area contributed by atoms with Crippen molar-refractivity contribution in [2.75, 3.05) is 30.9 Å². The number of nitrogens with one attached hydrogen (secondary N) is 2. The summed E-state index contributed by atoms with van der Waals surface area (Å²) in [6, 6.07) is 11.6. The summed E-state index contributed by atoms with van der Waals surface area (Å²) in [7, 11) is 1.66. The highest BCUT2D eigenvalue weighted by molar-refractivity contribution is 5.83. The van der Waals surface area contributed by atoms with Crippen LogP contribution in [0.25, 0.3) is 0 Å². The molecule has 2 rings (SSSR count). The van der Waals surface area contributed by atoms with E-state index < -0.39 is 6.09 Å². The van der Waals surface area contributed by atoms with Crippen LogP contribution in [0.15, 0.2) is 42.6 Å². The van der Waals surface area contributed by atoms with Crippen molar-refractivity contribution >= 4 is 17.6 Å². The van der Waals surface area contributed by atoms with Gasteiger partial charge in [-0.15, -0.1) is 0 Å². The van der Waals surface area contributed by atoms with E-state index in [2.05, 4.69) is 15.6 Å². The average molecular weight is 315 g/mol. The van der Waals surface area contributed by atoms with Gasteiger partial charge in [-0.25, -0.2) is 9.78 Å². The van der Waals surface area contributed by atoms with Gasteiger partial charge in [-0.1, -0.05) is 12.1 Å². The maximum atomic E-state index is 11.3. The molecule has 23 heavy (non-hydrogen) atoms. The molecule has 0 bridgehead atoms. The van der Waals surface area contributed by atoms with Crippen LogP contribution in [0.5, 0.6) is 5.75 Å². The fraction of sp³-hybridized carbons (Fsp3) is 0.294. The number of nitrogens with zero attached hydrogens (tertiary/aromatic N) is 1. The molecule has 0 fully saturated rings. The second-order valence-electron chi connectivity index (χ2n) is 4.80. The van der Waals surface area contributed by atoms with E-state index in [1.54, 1.807) is 26.3 Å². The van der Waals surface area contributed by atoms with Crippen LogP contribution in [0, 0.1) is 0 Å². The van der Waals surface area contributed by atoms with Gasteiger partial charge in [-0.2, -0.15) is 0 Å². The van der Waals surface area contributed by atoms with Crippen LogP contribution in [0.2, 0.25) is 0 Å². The summed E-state index contributed by atoms with van der Waals surface area (Å²) in [5.74, 6) is 1.32. The number of aromatic nitrogens is 1. The molecule has 0 aliphatic heterocycles. The second-order valence-corrected chi connectivity index (χ2v) is 4.80. The van der Waals surface area contributed by atoms with Crippen LogP contribution in [-0.2, 0) is 11.2 Å². The topological polar surface area (TPSA) is 72.5 Å². The van der Waals surface area contributed by atoms with Gasteiger partial charge < -0.3 is 14.8 Å². The SMILES string of the molecule is CCOC(=O)Nc1ccc(NCCc2ccc(OC)cc2)cn1.